The van der Waals surface area contributed by atoms with Crippen LogP contribution in [0.25, 0.3) is 11.3 Å². The Hall–Kier alpha value is -2.94. The normalized spacial score (nSPS) is 23.2. The fraction of sp³-hybridized carbons (Fsp3) is 0.450. The van der Waals surface area contributed by atoms with Crippen LogP contribution >= 0.6 is 0 Å². The summed E-state index contributed by atoms with van der Waals surface area (Å²) >= 11 is 0. The molecule has 9 heteroatoms. The largest absolute Gasteiger partial charge is 0.363 e. The van der Waals surface area contributed by atoms with Crippen molar-refractivity contribution in [2.24, 2.45) is 5.73 Å². The van der Waals surface area contributed by atoms with Crippen LogP contribution in [0.5, 0.6) is 0 Å². The van der Waals surface area contributed by atoms with Gasteiger partial charge in [-0.05, 0) is 18.9 Å². The van der Waals surface area contributed by atoms with Crippen LogP contribution in [-0.4, -0.2) is 40.0 Å². The van der Waals surface area contributed by atoms with Crippen LogP contribution in [0.4, 0.5) is 10.2 Å². The molecule has 2 aromatic heterocycles. The van der Waals surface area contributed by atoms with Gasteiger partial charge in [-0.25, -0.2) is 9.37 Å². The zero-order valence-corrected chi connectivity index (χ0v) is 15.9. The third-order valence-corrected chi connectivity index (χ3v) is 6.07. The van der Waals surface area contributed by atoms with E-state index in [-0.39, 0.29) is 41.8 Å². The molecule has 2 unspecified atom stereocenters. The molecule has 2 atom stereocenters. The summed E-state index contributed by atoms with van der Waals surface area (Å²) in [6.45, 7) is 1.30. The van der Waals surface area contributed by atoms with Crippen LogP contribution in [0.15, 0.2) is 12.3 Å². The second-order valence-electron chi connectivity index (χ2n) is 7.92. The van der Waals surface area contributed by atoms with Crippen molar-refractivity contribution in [1.82, 2.24) is 20.2 Å². The fourth-order valence-corrected chi connectivity index (χ4v) is 4.49. The van der Waals surface area contributed by atoms with Gasteiger partial charge in [-0.2, -0.15) is 0 Å². The molecular formula is C20H23FN6O2. The molecule has 0 aromatic carbocycles. The van der Waals surface area contributed by atoms with E-state index in [0.29, 0.717) is 35.6 Å². The van der Waals surface area contributed by atoms with Crippen molar-refractivity contribution >= 4 is 17.6 Å². The Bertz CT molecular complexity index is 1020. The monoisotopic (exact) mass is 398 g/mol. The van der Waals surface area contributed by atoms with Gasteiger partial charge in [0.05, 0.1) is 11.3 Å². The molecule has 0 bridgehead atoms. The highest BCUT2D eigenvalue weighted by molar-refractivity contribution is 6.05. The molecule has 5 rings (SSSR count). The summed E-state index contributed by atoms with van der Waals surface area (Å²) in [5.74, 6) is -0.916. The summed E-state index contributed by atoms with van der Waals surface area (Å²) in [5, 5.41) is 8.67. The molecule has 4 heterocycles. The molecule has 0 spiro atoms. The predicted molar refractivity (Wildman–Crippen MR) is 105 cm³/mol. The molecule has 5 N–H and O–H groups in total. The molecule has 8 nitrogen and oxygen atoms in total. The highest BCUT2D eigenvalue weighted by Crippen LogP contribution is 2.34. The van der Waals surface area contributed by atoms with Gasteiger partial charge in [-0.15, -0.1) is 0 Å². The number of nitrogens with one attached hydrogen (secondary N) is 3. The molecule has 2 aromatic rings. The Kier molecular flexibility index (Phi) is 4.27. The van der Waals surface area contributed by atoms with Crippen LogP contribution in [-0.2, 0) is 13.1 Å². The zero-order chi connectivity index (χ0) is 20.1. The summed E-state index contributed by atoms with van der Waals surface area (Å²) in [4.78, 5) is 29.1. The molecule has 2 aliphatic heterocycles. The van der Waals surface area contributed by atoms with E-state index in [9.17, 15) is 9.59 Å². The first-order chi connectivity index (χ1) is 14.0. The summed E-state index contributed by atoms with van der Waals surface area (Å²) in [6, 6.07) is 1.58. The van der Waals surface area contributed by atoms with E-state index in [1.54, 1.807) is 12.3 Å². The molecular weight excluding hydrogens is 375 g/mol. The lowest BCUT2D eigenvalue weighted by molar-refractivity contribution is 0.0926. The number of hydrogen-bond acceptors (Lipinski definition) is 5. The summed E-state index contributed by atoms with van der Waals surface area (Å²) < 4.78 is 17.0. The maximum absolute atomic E-state index is 15.2. The van der Waals surface area contributed by atoms with Gasteiger partial charge in [0.2, 0.25) is 0 Å². The highest BCUT2D eigenvalue weighted by atomic mass is 19.1. The first-order valence-electron chi connectivity index (χ1n) is 10.0. The van der Waals surface area contributed by atoms with Gasteiger partial charge in [-0.3, -0.25) is 9.59 Å². The van der Waals surface area contributed by atoms with Crippen LogP contribution in [0.2, 0.25) is 0 Å². The zero-order valence-electron chi connectivity index (χ0n) is 15.9. The van der Waals surface area contributed by atoms with Gasteiger partial charge in [0.1, 0.15) is 5.69 Å². The van der Waals surface area contributed by atoms with Crippen molar-refractivity contribution in [2.45, 2.75) is 50.9 Å². The van der Waals surface area contributed by atoms with Crippen molar-refractivity contribution in [3.05, 3.63) is 34.9 Å². The minimum atomic E-state index is -0.512. The molecule has 1 saturated carbocycles. The number of rotatable bonds is 3. The van der Waals surface area contributed by atoms with Gasteiger partial charge in [-0.1, -0.05) is 12.8 Å². The van der Waals surface area contributed by atoms with Crippen molar-refractivity contribution in [3.8, 4) is 11.3 Å². The number of halogens is 1. The van der Waals surface area contributed by atoms with Crippen molar-refractivity contribution in [1.29, 1.82) is 0 Å². The lowest BCUT2D eigenvalue weighted by Crippen LogP contribution is -2.43. The topological polar surface area (TPSA) is 114 Å². The lowest BCUT2D eigenvalue weighted by atomic mass is 9.91. The molecule has 0 radical (unpaired) electrons. The number of hydrogen-bond donors (Lipinski definition) is 4. The van der Waals surface area contributed by atoms with E-state index < -0.39 is 5.82 Å². The Morgan fingerprint density at radius 1 is 1.21 bits per heavy atom. The van der Waals surface area contributed by atoms with Crippen LogP contribution in [0.1, 0.15) is 52.1 Å². The summed E-state index contributed by atoms with van der Waals surface area (Å²) in [5.41, 5.74) is 8.28. The molecule has 0 saturated heterocycles. The number of anilines is 1. The maximum Gasteiger partial charge on any atom is 0.267 e. The van der Waals surface area contributed by atoms with E-state index in [4.69, 9.17) is 5.73 Å². The third kappa shape index (κ3) is 2.96. The second kappa shape index (κ2) is 6.84. The summed E-state index contributed by atoms with van der Waals surface area (Å²) in [7, 11) is 0. The molecule has 3 aliphatic rings. The highest BCUT2D eigenvalue weighted by Gasteiger charge is 2.33. The van der Waals surface area contributed by atoms with E-state index in [0.717, 1.165) is 25.7 Å². The van der Waals surface area contributed by atoms with Crippen molar-refractivity contribution in [3.63, 3.8) is 0 Å². The third-order valence-electron chi connectivity index (χ3n) is 6.07. The van der Waals surface area contributed by atoms with Gasteiger partial charge in [0.15, 0.2) is 11.6 Å². The van der Waals surface area contributed by atoms with E-state index in [2.05, 4.69) is 20.9 Å². The smallest absolute Gasteiger partial charge is 0.267 e. The fourth-order valence-electron chi connectivity index (χ4n) is 4.49. The average molecular weight is 398 g/mol. The average Bonchev–Trinajstić information content (AvgIpc) is 3.31. The van der Waals surface area contributed by atoms with Crippen LogP contribution in [0.3, 0.4) is 0 Å². The minimum absolute atomic E-state index is 0.0604. The Labute approximate surface area is 167 Å². The number of nitrogens with two attached hydrogens (primary N) is 1. The minimum Gasteiger partial charge on any atom is -0.363 e. The van der Waals surface area contributed by atoms with Gasteiger partial charge in [0.25, 0.3) is 11.8 Å². The number of fused-ring (bicyclic) bond motifs is 2. The molecule has 2 amide bonds. The first-order valence-corrected chi connectivity index (χ1v) is 10.0. The van der Waals surface area contributed by atoms with E-state index in [1.807, 2.05) is 4.57 Å². The molecule has 152 valence electrons. The second-order valence-corrected chi connectivity index (χ2v) is 7.92. The van der Waals surface area contributed by atoms with Gasteiger partial charge in [0, 0.05) is 49.0 Å². The Balaban J connectivity index is 1.60. The van der Waals surface area contributed by atoms with Crippen LogP contribution in [0, 0.1) is 5.82 Å². The van der Waals surface area contributed by atoms with Crippen molar-refractivity contribution < 1.29 is 14.0 Å². The molecule has 1 aliphatic carbocycles. The predicted octanol–water partition coefficient (Wildman–Crippen LogP) is 1.36. The number of aromatic nitrogens is 2. The number of pyridine rings is 1. The van der Waals surface area contributed by atoms with Gasteiger partial charge >= 0.3 is 0 Å². The molecule has 29 heavy (non-hydrogen) atoms. The van der Waals surface area contributed by atoms with Crippen molar-refractivity contribution in [2.75, 3.05) is 11.9 Å². The maximum atomic E-state index is 15.2. The van der Waals surface area contributed by atoms with Crippen LogP contribution < -0.4 is 21.7 Å². The standard InChI is InChI=1S/C20H23FN6O2/c21-16-11-8-24-20(29)15(11)17(10-7-14-19(28)23-5-6-27(14)9-10)26-18(16)25-13-4-2-1-3-12(13)22/h7,9,12-13H,1-6,8,22H2,(H,23,28)(H,24,29)(H,25,26). The quantitative estimate of drug-likeness (QED) is 0.623. The number of amides is 2. The number of nitrogens with zero attached hydrogens (tertiary/aromatic N) is 2. The Morgan fingerprint density at radius 2 is 2.03 bits per heavy atom. The number of carbonyl (C=O) groups is 2. The lowest BCUT2D eigenvalue weighted by Gasteiger charge is -2.30. The summed E-state index contributed by atoms with van der Waals surface area (Å²) in [6.07, 6.45) is 5.65. The van der Waals surface area contributed by atoms with Gasteiger partial charge < -0.3 is 26.3 Å². The van der Waals surface area contributed by atoms with E-state index >= 15 is 4.39 Å². The molecule has 1 fully saturated rings. The Morgan fingerprint density at radius 3 is 2.83 bits per heavy atom. The first kappa shape index (κ1) is 18.1. The number of carbonyl (C=O) groups excluding carboxylic acids is 2. The van der Waals surface area contributed by atoms with E-state index in [1.165, 1.54) is 0 Å². The SMILES string of the molecule is NC1CCCCC1Nc1nc(-c2cc3n(c2)CCNC3=O)c2c(c1F)CNC2=O.